The summed E-state index contributed by atoms with van der Waals surface area (Å²) in [6.07, 6.45) is 0.126. The second-order valence-corrected chi connectivity index (χ2v) is 6.77. The van der Waals surface area contributed by atoms with Gasteiger partial charge in [0.2, 0.25) is 0 Å². The SMILES string of the molecule is COC(=O)Cc1ccc(NC(=O)c2cc(-c3ccc(C(=N)N)cc3)nn(C)c2=O)cc1. The van der Waals surface area contributed by atoms with Gasteiger partial charge in [0.15, 0.2) is 0 Å². The van der Waals surface area contributed by atoms with Gasteiger partial charge in [0, 0.05) is 23.9 Å². The normalized spacial score (nSPS) is 10.4. The molecule has 0 saturated carbocycles. The molecule has 0 saturated heterocycles. The molecule has 0 radical (unpaired) electrons. The lowest BCUT2D eigenvalue weighted by Crippen LogP contribution is -2.29. The van der Waals surface area contributed by atoms with Crippen LogP contribution in [0.15, 0.2) is 59.4 Å². The first kappa shape index (κ1) is 21.4. The van der Waals surface area contributed by atoms with Gasteiger partial charge in [0.05, 0.1) is 19.2 Å². The number of nitrogens with zero attached hydrogens (tertiary/aromatic N) is 2. The number of ether oxygens (including phenoxy) is 1. The second kappa shape index (κ2) is 9.04. The van der Waals surface area contributed by atoms with E-state index in [-0.39, 0.29) is 23.8 Å². The van der Waals surface area contributed by atoms with Crippen molar-refractivity contribution in [2.24, 2.45) is 12.8 Å². The molecule has 0 unspecified atom stereocenters. The van der Waals surface area contributed by atoms with Gasteiger partial charge in [-0.05, 0) is 23.8 Å². The molecule has 1 amide bonds. The third kappa shape index (κ3) is 5.02. The predicted molar refractivity (Wildman–Crippen MR) is 116 cm³/mol. The highest BCUT2D eigenvalue weighted by Crippen LogP contribution is 2.18. The minimum Gasteiger partial charge on any atom is -0.469 e. The van der Waals surface area contributed by atoms with Crippen LogP contribution in [-0.2, 0) is 23.0 Å². The van der Waals surface area contributed by atoms with Gasteiger partial charge < -0.3 is 15.8 Å². The minimum atomic E-state index is -0.578. The Morgan fingerprint density at radius 2 is 1.77 bits per heavy atom. The van der Waals surface area contributed by atoms with Gasteiger partial charge in [-0.1, -0.05) is 36.4 Å². The van der Waals surface area contributed by atoms with E-state index in [9.17, 15) is 14.4 Å². The van der Waals surface area contributed by atoms with Crippen molar-refractivity contribution >= 4 is 23.4 Å². The smallest absolute Gasteiger partial charge is 0.309 e. The summed E-state index contributed by atoms with van der Waals surface area (Å²) < 4.78 is 5.73. The Balaban J connectivity index is 1.84. The number of aryl methyl sites for hydroxylation is 1. The van der Waals surface area contributed by atoms with E-state index in [4.69, 9.17) is 11.1 Å². The van der Waals surface area contributed by atoms with Gasteiger partial charge >= 0.3 is 5.97 Å². The van der Waals surface area contributed by atoms with Crippen molar-refractivity contribution in [2.75, 3.05) is 12.4 Å². The van der Waals surface area contributed by atoms with E-state index < -0.39 is 11.5 Å². The Morgan fingerprint density at radius 3 is 2.35 bits per heavy atom. The van der Waals surface area contributed by atoms with Crippen molar-refractivity contribution in [3.63, 3.8) is 0 Å². The molecule has 9 nitrogen and oxygen atoms in total. The van der Waals surface area contributed by atoms with E-state index in [2.05, 4.69) is 15.2 Å². The third-order valence-electron chi connectivity index (χ3n) is 4.59. The number of methoxy groups -OCH3 is 1. The zero-order chi connectivity index (χ0) is 22.5. The fourth-order valence-electron chi connectivity index (χ4n) is 2.88. The number of hydrogen-bond donors (Lipinski definition) is 3. The summed E-state index contributed by atoms with van der Waals surface area (Å²) in [4.78, 5) is 36.6. The topological polar surface area (TPSA) is 140 Å². The van der Waals surface area contributed by atoms with Crippen LogP contribution >= 0.6 is 0 Å². The molecule has 2 aromatic carbocycles. The monoisotopic (exact) mass is 419 g/mol. The van der Waals surface area contributed by atoms with E-state index in [0.29, 0.717) is 22.5 Å². The number of amidine groups is 1. The van der Waals surface area contributed by atoms with Gasteiger partial charge in [-0.25, -0.2) is 4.68 Å². The van der Waals surface area contributed by atoms with Gasteiger partial charge in [-0.15, -0.1) is 0 Å². The third-order valence-corrected chi connectivity index (χ3v) is 4.59. The average Bonchev–Trinajstić information content (AvgIpc) is 2.76. The molecule has 9 heteroatoms. The number of carbonyl (C=O) groups excluding carboxylic acids is 2. The summed E-state index contributed by atoms with van der Waals surface area (Å²) in [5, 5.41) is 14.4. The molecule has 4 N–H and O–H groups in total. The Morgan fingerprint density at radius 1 is 1.13 bits per heavy atom. The van der Waals surface area contributed by atoms with Crippen LogP contribution in [0, 0.1) is 5.41 Å². The first-order chi connectivity index (χ1) is 14.8. The molecule has 31 heavy (non-hydrogen) atoms. The lowest BCUT2D eigenvalue weighted by atomic mass is 10.1. The number of benzene rings is 2. The predicted octanol–water partition coefficient (Wildman–Crippen LogP) is 1.70. The molecule has 0 aliphatic heterocycles. The summed E-state index contributed by atoms with van der Waals surface area (Å²) in [5.74, 6) is -0.996. The van der Waals surface area contributed by atoms with E-state index in [0.717, 1.165) is 10.2 Å². The molecule has 1 aromatic heterocycles. The van der Waals surface area contributed by atoms with Crippen LogP contribution < -0.4 is 16.6 Å². The minimum absolute atomic E-state index is 0.0577. The maximum atomic E-state index is 12.8. The fourth-order valence-corrected chi connectivity index (χ4v) is 2.88. The van der Waals surface area contributed by atoms with Crippen LogP contribution in [0.3, 0.4) is 0 Å². The van der Waals surface area contributed by atoms with Crippen LogP contribution in [-0.4, -0.2) is 34.6 Å². The van der Waals surface area contributed by atoms with Crippen LogP contribution in [0.25, 0.3) is 11.3 Å². The number of amides is 1. The number of nitrogens with one attached hydrogen (secondary N) is 2. The largest absolute Gasteiger partial charge is 0.469 e. The molecule has 3 aromatic rings. The highest BCUT2D eigenvalue weighted by molar-refractivity contribution is 6.04. The highest BCUT2D eigenvalue weighted by Gasteiger charge is 2.16. The Labute approximate surface area is 178 Å². The molecule has 158 valence electrons. The first-order valence-electron chi connectivity index (χ1n) is 9.29. The Bertz CT molecular complexity index is 1200. The zero-order valence-electron chi connectivity index (χ0n) is 17.0. The molecule has 0 bridgehead atoms. The Kier molecular flexibility index (Phi) is 6.25. The van der Waals surface area contributed by atoms with E-state index in [1.165, 1.54) is 20.2 Å². The zero-order valence-corrected chi connectivity index (χ0v) is 17.0. The number of nitrogens with two attached hydrogens (primary N) is 1. The van der Waals surface area contributed by atoms with Gasteiger partial charge in [-0.2, -0.15) is 5.10 Å². The Hall–Kier alpha value is -4.27. The summed E-state index contributed by atoms with van der Waals surface area (Å²) in [6, 6.07) is 14.9. The molecule has 0 aliphatic carbocycles. The van der Waals surface area contributed by atoms with Crippen LogP contribution in [0.4, 0.5) is 5.69 Å². The van der Waals surface area contributed by atoms with Crippen molar-refractivity contribution in [1.82, 2.24) is 9.78 Å². The number of aromatic nitrogens is 2. The molecule has 3 rings (SSSR count). The number of nitrogen functional groups attached to an aromatic ring is 1. The highest BCUT2D eigenvalue weighted by atomic mass is 16.5. The number of rotatable bonds is 6. The summed E-state index contributed by atoms with van der Waals surface area (Å²) in [5.41, 5.74) is 7.73. The fraction of sp³-hybridized carbons (Fsp3) is 0.136. The number of carbonyl (C=O) groups is 2. The van der Waals surface area contributed by atoms with E-state index in [1.54, 1.807) is 48.5 Å². The molecular formula is C22H21N5O4. The molecule has 0 aliphatic rings. The van der Waals surface area contributed by atoms with Gasteiger partial charge in [-0.3, -0.25) is 19.8 Å². The van der Waals surface area contributed by atoms with E-state index in [1.807, 2.05) is 0 Å². The molecule has 1 heterocycles. The van der Waals surface area contributed by atoms with Gasteiger partial charge in [0.1, 0.15) is 11.4 Å². The summed E-state index contributed by atoms with van der Waals surface area (Å²) >= 11 is 0. The van der Waals surface area contributed by atoms with Crippen LogP contribution in [0.5, 0.6) is 0 Å². The van der Waals surface area contributed by atoms with Crippen LogP contribution in [0.2, 0.25) is 0 Å². The standard InChI is InChI=1S/C22H21N5O4/c1-27-22(30)17(12-18(26-27)14-5-7-15(8-6-14)20(23)24)21(29)25-16-9-3-13(4-10-16)11-19(28)31-2/h3-10,12H,11H2,1-2H3,(H3,23,24)(H,25,29). The van der Waals surface area contributed by atoms with Crippen molar-refractivity contribution in [1.29, 1.82) is 5.41 Å². The maximum Gasteiger partial charge on any atom is 0.309 e. The average molecular weight is 419 g/mol. The van der Waals surface area contributed by atoms with Crippen molar-refractivity contribution in [3.8, 4) is 11.3 Å². The first-order valence-corrected chi connectivity index (χ1v) is 9.29. The number of anilines is 1. The molecule has 0 atom stereocenters. The van der Waals surface area contributed by atoms with Crippen molar-refractivity contribution in [2.45, 2.75) is 6.42 Å². The number of esters is 1. The van der Waals surface area contributed by atoms with Gasteiger partial charge in [0.25, 0.3) is 11.5 Å². The molecule has 0 spiro atoms. The molecular weight excluding hydrogens is 398 g/mol. The lowest BCUT2D eigenvalue weighted by Gasteiger charge is -2.09. The van der Waals surface area contributed by atoms with Crippen LogP contribution in [0.1, 0.15) is 21.5 Å². The maximum absolute atomic E-state index is 12.8. The summed E-state index contributed by atoms with van der Waals surface area (Å²) in [7, 11) is 2.78. The second-order valence-electron chi connectivity index (χ2n) is 6.77. The summed E-state index contributed by atoms with van der Waals surface area (Å²) in [6.45, 7) is 0. The van der Waals surface area contributed by atoms with Crippen molar-refractivity contribution in [3.05, 3.63) is 81.6 Å². The van der Waals surface area contributed by atoms with E-state index >= 15 is 0 Å². The number of hydrogen-bond acceptors (Lipinski definition) is 6. The molecule has 0 fully saturated rings. The lowest BCUT2D eigenvalue weighted by molar-refractivity contribution is -0.139. The quantitative estimate of drug-likeness (QED) is 0.316. The van der Waals surface area contributed by atoms with Crippen molar-refractivity contribution < 1.29 is 14.3 Å².